The van der Waals surface area contributed by atoms with Gasteiger partial charge >= 0.3 is 0 Å². The Bertz CT molecular complexity index is 492. The lowest BCUT2D eigenvalue weighted by Crippen LogP contribution is -2.48. The molecule has 2 atom stereocenters. The zero-order chi connectivity index (χ0) is 15.9. The molecule has 2 rings (SSSR count). The highest BCUT2D eigenvalue weighted by Crippen LogP contribution is 2.27. The zero-order valence-corrected chi connectivity index (χ0v) is 12.6. The molecule has 0 aromatic heterocycles. The van der Waals surface area contributed by atoms with Gasteiger partial charge in [-0.2, -0.15) is 0 Å². The van der Waals surface area contributed by atoms with Crippen LogP contribution in [0, 0.1) is 11.7 Å². The second-order valence-electron chi connectivity index (χ2n) is 5.97. The van der Waals surface area contributed by atoms with Gasteiger partial charge in [0.2, 0.25) is 0 Å². The molecule has 0 radical (unpaired) electrons. The summed E-state index contributed by atoms with van der Waals surface area (Å²) < 4.78 is 13.0. The van der Waals surface area contributed by atoms with Gasteiger partial charge in [0.15, 0.2) is 0 Å². The Morgan fingerprint density at radius 2 is 2.09 bits per heavy atom. The molecule has 1 aliphatic rings. The summed E-state index contributed by atoms with van der Waals surface area (Å²) in [5.74, 6) is -0.524. The number of aliphatic hydroxyl groups excluding tert-OH is 1. The average Bonchev–Trinajstić information content (AvgIpc) is 2.53. The van der Waals surface area contributed by atoms with E-state index in [1.165, 1.54) is 37.5 Å². The molecule has 1 amide bonds. The first-order valence-corrected chi connectivity index (χ1v) is 7.81. The Hall–Kier alpha value is -1.66. The Kier molecular flexibility index (Phi) is 6.15. The number of hydrogen-bond donors (Lipinski definition) is 4. The van der Waals surface area contributed by atoms with E-state index < -0.39 is 23.9 Å². The first kappa shape index (κ1) is 16.7. The number of amides is 1. The van der Waals surface area contributed by atoms with Crippen molar-refractivity contribution in [1.29, 1.82) is 0 Å². The molecule has 122 valence electrons. The molecule has 0 bridgehead atoms. The number of hydrazine groups is 1. The standard InChI is InChI=1S/C16H24FN3O2/c17-12-7-4-8-13(10-12)19-20-16(22)15(21)14(18)9-11-5-2-1-3-6-11/h4,7-8,10-11,14-15,19,21H,1-3,5-6,9,18H2,(H,20,22)/t14-,15?/m1/s1. The van der Waals surface area contributed by atoms with Gasteiger partial charge in [-0.05, 0) is 30.5 Å². The van der Waals surface area contributed by atoms with Crippen molar-refractivity contribution in [2.24, 2.45) is 11.7 Å². The second kappa shape index (κ2) is 8.10. The van der Waals surface area contributed by atoms with Crippen molar-refractivity contribution in [2.75, 3.05) is 5.43 Å². The van der Waals surface area contributed by atoms with Gasteiger partial charge in [0, 0.05) is 6.04 Å². The lowest BCUT2D eigenvalue weighted by atomic mass is 9.84. The molecule has 1 fully saturated rings. The number of hydrogen-bond acceptors (Lipinski definition) is 4. The third kappa shape index (κ3) is 4.96. The highest BCUT2D eigenvalue weighted by Gasteiger charge is 2.26. The van der Waals surface area contributed by atoms with Gasteiger partial charge in [-0.15, -0.1) is 0 Å². The van der Waals surface area contributed by atoms with Crippen LogP contribution in [0.1, 0.15) is 38.5 Å². The predicted molar refractivity (Wildman–Crippen MR) is 83.3 cm³/mol. The van der Waals surface area contributed by atoms with Crippen molar-refractivity contribution in [3.05, 3.63) is 30.1 Å². The van der Waals surface area contributed by atoms with Crippen LogP contribution in [0.5, 0.6) is 0 Å². The van der Waals surface area contributed by atoms with Crippen LogP contribution in [0.3, 0.4) is 0 Å². The van der Waals surface area contributed by atoms with Crippen molar-refractivity contribution >= 4 is 11.6 Å². The first-order valence-electron chi connectivity index (χ1n) is 7.81. The maximum absolute atomic E-state index is 13.0. The lowest BCUT2D eigenvalue weighted by molar-refractivity contribution is -0.130. The molecular formula is C16H24FN3O2. The predicted octanol–water partition coefficient (Wildman–Crippen LogP) is 1.93. The van der Waals surface area contributed by atoms with E-state index in [2.05, 4.69) is 10.9 Å². The Morgan fingerprint density at radius 3 is 2.77 bits per heavy atom. The largest absolute Gasteiger partial charge is 0.382 e. The van der Waals surface area contributed by atoms with E-state index in [1.807, 2.05) is 0 Å². The van der Waals surface area contributed by atoms with Crippen LogP contribution in [0.4, 0.5) is 10.1 Å². The van der Waals surface area contributed by atoms with E-state index in [9.17, 15) is 14.3 Å². The smallest absolute Gasteiger partial charge is 0.268 e. The summed E-state index contributed by atoms with van der Waals surface area (Å²) in [6.07, 6.45) is 5.25. The highest BCUT2D eigenvalue weighted by molar-refractivity contribution is 5.82. The number of rotatable bonds is 6. The minimum atomic E-state index is -1.28. The molecule has 1 aromatic rings. The summed E-state index contributed by atoms with van der Waals surface area (Å²) in [4.78, 5) is 11.9. The summed E-state index contributed by atoms with van der Waals surface area (Å²) in [6.45, 7) is 0. The molecule has 6 heteroatoms. The summed E-state index contributed by atoms with van der Waals surface area (Å²) in [5, 5.41) is 10.00. The van der Waals surface area contributed by atoms with Crippen molar-refractivity contribution in [2.45, 2.75) is 50.7 Å². The molecule has 0 heterocycles. The van der Waals surface area contributed by atoms with Crippen LogP contribution >= 0.6 is 0 Å². The molecule has 1 unspecified atom stereocenters. The number of aliphatic hydroxyl groups is 1. The van der Waals surface area contributed by atoms with Crippen molar-refractivity contribution in [1.82, 2.24) is 5.43 Å². The molecule has 0 aliphatic heterocycles. The number of carbonyl (C=O) groups excluding carboxylic acids is 1. The van der Waals surface area contributed by atoms with Gasteiger partial charge < -0.3 is 10.8 Å². The molecule has 22 heavy (non-hydrogen) atoms. The number of anilines is 1. The SMILES string of the molecule is N[C@H](CC1CCCCC1)C(O)C(=O)NNc1cccc(F)c1. The fourth-order valence-corrected chi connectivity index (χ4v) is 2.91. The minimum absolute atomic E-state index is 0.404. The second-order valence-corrected chi connectivity index (χ2v) is 5.97. The third-order valence-electron chi connectivity index (χ3n) is 4.16. The van der Waals surface area contributed by atoms with E-state index in [1.54, 1.807) is 6.07 Å². The van der Waals surface area contributed by atoms with Gasteiger partial charge in [-0.1, -0.05) is 38.2 Å². The Labute approximate surface area is 130 Å². The van der Waals surface area contributed by atoms with Crippen LogP contribution in [-0.2, 0) is 4.79 Å². The van der Waals surface area contributed by atoms with Gasteiger partial charge in [0.05, 0.1) is 5.69 Å². The first-order chi connectivity index (χ1) is 10.6. The average molecular weight is 309 g/mol. The highest BCUT2D eigenvalue weighted by atomic mass is 19.1. The van der Waals surface area contributed by atoms with Gasteiger partial charge in [0.1, 0.15) is 11.9 Å². The molecular weight excluding hydrogens is 285 g/mol. The molecule has 5 nitrogen and oxygen atoms in total. The minimum Gasteiger partial charge on any atom is -0.382 e. The fourth-order valence-electron chi connectivity index (χ4n) is 2.91. The van der Waals surface area contributed by atoms with Crippen LogP contribution in [0.15, 0.2) is 24.3 Å². The van der Waals surface area contributed by atoms with Crippen LogP contribution in [0.2, 0.25) is 0 Å². The van der Waals surface area contributed by atoms with Crippen molar-refractivity contribution in [3.63, 3.8) is 0 Å². The fraction of sp³-hybridized carbons (Fsp3) is 0.562. The van der Waals surface area contributed by atoms with E-state index in [4.69, 9.17) is 5.73 Å². The third-order valence-corrected chi connectivity index (χ3v) is 4.16. The summed E-state index contributed by atoms with van der Waals surface area (Å²) in [7, 11) is 0. The summed E-state index contributed by atoms with van der Waals surface area (Å²) in [5.41, 5.74) is 11.3. The number of carbonyl (C=O) groups is 1. The van der Waals surface area contributed by atoms with Crippen molar-refractivity contribution in [3.8, 4) is 0 Å². The summed E-state index contributed by atoms with van der Waals surface area (Å²) >= 11 is 0. The van der Waals surface area contributed by atoms with E-state index in [0.717, 1.165) is 12.8 Å². The number of nitrogens with one attached hydrogen (secondary N) is 2. The number of benzene rings is 1. The molecule has 1 saturated carbocycles. The van der Waals surface area contributed by atoms with Crippen LogP contribution in [-0.4, -0.2) is 23.2 Å². The maximum Gasteiger partial charge on any atom is 0.268 e. The van der Waals surface area contributed by atoms with Gasteiger partial charge in [0.25, 0.3) is 5.91 Å². The van der Waals surface area contributed by atoms with Crippen molar-refractivity contribution < 1.29 is 14.3 Å². The molecule has 1 aromatic carbocycles. The van der Waals surface area contributed by atoms with E-state index in [0.29, 0.717) is 18.0 Å². The normalized spacial score (nSPS) is 18.5. The molecule has 0 spiro atoms. The molecule has 1 aliphatic carbocycles. The molecule has 5 N–H and O–H groups in total. The quantitative estimate of drug-likeness (QED) is 0.605. The van der Waals surface area contributed by atoms with Crippen LogP contribution < -0.4 is 16.6 Å². The number of halogens is 1. The molecule has 0 saturated heterocycles. The van der Waals surface area contributed by atoms with E-state index >= 15 is 0 Å². The maximum atomic E-state index is 13.0. The monoisotopic (exact) mass is 309 g/mol. The summed E-state index contributed by atoms with van der Waals surface area (Å²) in [6, 6.07) is 5.10. The van der Waals surface area contributed by atoms with Gasteiger partial charge in [-0.25, -0.2) is 4.39 Å². The number of nitrogens with two attached hydrogens (primary N) is 1. The van der Waals surface area contributed by atoms with Crippen LogP contribution in [0.25, 0.3) is 0 Å². The Morgan fingerprint density at radius 1 is 1.36 bits per heavy atom. The van der Waals surface area contributed by atoms with Gasteiger partial charge in [-0.3, -0.25) is 15.6 Å². The topological polar surface area (TPSA) is 87.4 Å². The lowest BCUT2D eigenvalue weighted by Gasteiger charge is -2.26. The van der Waals surface area contributed by atoms with E-state index in [-0.39, 0.29) is 0 Å². The zero-order valence-electron chi connectivity index (χ0n) is 12.6. The Balaban J connectivity index is 1.77.